The van der Waals surface area contributed by atoms with Crippen molar-refractivity contribution in [3.05, 3.63) is 186 Å². The summed E-state index contributed by atoms with van der Waals surface area (Å²) in [5, 5.41) is 0. The molecule has 0 saturated heterocycles. The molecule has 0 N–H and O–H groups in total. The Morgan fingerprint density at radius 2 is 0.514 bits per heavy atom. The molecule has 0 radical (unpaired) electrons. The first-order valence-corrected chi connectivity index (χ1v) is 10.8. The van der Waals surface area contributed by atoms with Gasteiger partial charge in [-0.3, -0.25) is 4.91 Å². The van der Waals surface area contributed by atoms with Gasteiger partial charge in [0.05, 0.1) is 0 Å². The molecule has 4 rings (SSSR count). The van der Waals surface area contributed by atoms with Crippen LogP contribution in [0.2, 0.25) is 0 Å². The Morgan fingerprint density at radius 1 is 0.371 bits per heavy atom. The van der Waals surface area contributed by atoms with Crippen LogP contribution in [0.25, 0.3) is 40.3 Å². The normalized spacial score (nSPS) is 8.00. The Morgan fingerprint density at radius 3 is 0.600 bits per heavy atom. The van der Waals surface area contributed by atoms with Gasteiger partial charge in [0.25, 0.3) is 0 Å². The summed E-state index contributed by atoms with van der Waals surface area (Å²) in [5.74, 6) is 0. The van der Waals surface area contributed by atoms with Crippen molar-refractivity contribution in [2.45, 2.75) is 0 Å². The maximum absolute atomic E-state index is 6.75. The van der Waals surface area contributed by atoms with E-state index in [0.717, 1.165) is 0 Å². The van der Waals surface area contributed by atoms with Gasteiger partial charge in [-0.1, -0.05) is 172 Å². The van der Waals surface area contributed by atoms with E-state index in [-0.39, 0.29) is 0 Å². The summed E-state index contributed by atoms with van der Waals surface area (Å²) in [6, 6.07) is 40.1. The van der Waals surface area contributed by atoms with E-state index < -0.39 is 0 Å². The molecule has 0 amide bonds. The van der Waals surface area contributed by atoms with Gasteiger partial charge in [-0.25, -0.2) is 0 Å². The third-order valence-electron chi connectivity index (χ3n) is 4.14. The van der Waals surface area contributed by atoms with Crippen LogP contribution in [-0.2, 0) is 0 Å². The average molecular weight is 459 g/mol. The molecule has 0 aliphatic heterocycles. The van der Waals surface area contributed by atoms with Crippen molar-refractivity contribution in [2.24, 2.45) is 0 Å². The second-order valence-corrected chi connectivity index (χ2v) is 6.55. The van der Waals surface area contributed by atoms with E-state index in [2.05, 4.69) is 26.3 Å². The molecule has 176 valence electrons. The molecule has 0 bridgehead atoms. The molecule has 4 aromatic rings. The molecule has 0 fully saturated rings. The molecule has 0 unspecified atom stereocenters. The van der Waals surface area contributed by atoms with Crippen LogP contribution in [0.4, 0.5) is 0 Å². The number of hydrogen-bond acceptors (Lipinski definition) is 0. The fraction of sp³-hybridized carbons (Fsp3) is 0. The topological polar surface area (TPSA) is 58.7 Å². The van der Waals surface area contributed by atoms with E-state index >= 15 is 0 Å². The Hall–Kier alpha value is -4.85. The van der Waals surface area contributed by atoms with Crippen molar-refractivity contribution >= 4 is 24.3 Å². The van der Waals surface area contributed by atoms with Gasteiger partial charge in [0.1, 0.15) is 0 Å². The van der Waals surface area contributed by atoms with Gasteiger partial charge in [0, 0.05) is 0 Å². The van der Waals surface area contributed by atoms with Crippen LogP contribution in [0.3, 0.4) is 0 Å². The molecule has 3 heteroatoms. The van der Waals surface area contributed by atoms with Crippen molar-refractivity contribution in [1.29, 1.82) is 0 Å². The van der Waals surface area contributed by atoms with E-state index in [4.69, 9.17) is 11.1 Å². The molecule has 0 heterocycles. The number of hydrogen-bond donors (Lipinski definition) is 0. The Kier molecular flexibility index (Phi) is 19.3. The van der Waals surface area contributed by atoms with E-state index in [1.165, 1.54) is 27.2 Å². The number of rotatable bonds is 4. The van der Waals surface area contributed by atoms with Gasteiger partial charge in [0.2, 0.25) is 0 Å². The van der Waals surface area contributed by atoms with Gasteiger partial charge in [-0.05, 0) is 22.3 Å². The molecule has 0 atom stereocenters. The van der Waals surface area contributed by atoms with Gasteiger partial charge in [0.15, 0.2) is 0 Å². The second-order valence-electron chi connectivity index (χ2n) is 6.55. The zero-order valence-corrected chi connectivity index (χ0v) is 20.0. The Bertz CT molecular complexity index is 925. The summed E-state index contributed by atoms with van der Waals surface area (Å²) in [6.07, 6.45) is 7.33. The highest BCUT2D eigenvalue weighted by Crippen LogP contribution is 1.99. The zero-order valence-electron chi connectivity index (χ0n) is 20.0. The smallest absolute Gasteiger partial charge is 0.0263 e. The summed E-state index contributed by atoms with van der Waals surface area (Å²) < 4.78 is 0. The predicted molar refractivity (Wildman–Crippen MR) is 156 cm³/mol. The van der Waals surface area contributed by atoms with E-state index in [1.54, 1.807) is 0 Å². The molecular weight excluding hydrogens is 426 g/mol. The monoisotopic (exact) mass is 458 g/mol. The summed E-state index contributed by atoms with van der Waals surface area (Å²) in [5.41, 5.74) is 18.2. The highest BCUT2D eigenvalue weighted by molar-refractivity contribution is 5.47. The van der Waals surface area contributed by atoms with Crippen molar-refractivity contribution in [3.63, 3.8) is 0 Å². The van der Waals surface area contributed by atoms with Gasteiger partial charge >= 0.3 is 0 Å². The summed E-state index contributed by atoms with van der Waals surface area (Å²) in [7, 11) is 0. The lowest BCUT2D eigenvalue weighted by atomic mass is 10.2. The molecule has 35 heavy (non-hydrogen) atoms. The second kappa shape index (κ2) is 22.3. The highest BCUT2D eigenvalue weighted by atomic mass is 15.0. The minimum atomic E-state index is 1.17. The summed E-state index contributed by atoms with van der Waals surface area (Å²) in [6.45, 7) is 14.5. The SMILES string of the molecule is C=Cc1ccccc1.C=Cc1ccccc1.C=Cc1ccccc1.C=Cc1ccccc1.[N-]=[N+]=[N-]. The zero-order chi connectivity index (χ0) is 26.0. The first-order valence-electron chi connectivity index (χ1n) is 10.8. The van der Waals surface area contributed by atoms with Crippen LogP contribution in [0.5, 0.6) is 0 Å². The minimum absolute atomic E-state index is 1.17. The van der Waals surface area contributed by atoms with Crippen LogP contribution in [0.15, 0.2) is 148 Å². The van der Waals surface area contributed by atoms with Crippen molar-refractivity contribution in [2.75, 3.05) is 0 Å². The molecule has 0 aliphatic rings. The van der Waals surface area contributed by atoms with Crippen LogP contribution < -0.4 is 0 Å². The number of nitrogens with zero attached hydrogens (tertiary/aromatic N) is 3. The lowest BCUT2D eigenvalue weighted by Gasteiger charge is -1.85. The lowest BCUT2D eigenvalue weighted by molar-refractivity contribution is 1.67. The van der Waals surface area contributed by atoms with Crippen LogP contribution >= 0.6 is 0 Å². The van der Waals surface area contributed by atoms with Crippen molar-refractivity contribution in [3.8, 4) is 0 Å². The first-order chi connectivity index (χ1) is 17.1. The predicted octanol–water partition coefficient (Wildman–Crippen LogP) is 10.2. The quantitative estimate of drug-likeness (QED) is 0.166. The Balaban J connectivity index is 0.000000424. The van der Waals surface area contributed by atoms with Gasteiger partial charge in [-0.15, -0.1) is 0 Å². The molecule has 0 saturated carbocycles. The van der Waals surface area contributed by atoms with Crippen molar-refractivity contribution in [1.82, 2.24) is 0 Å². The minimum Gasteiger partial charge on any atom is -0.373 e. The largest absolute Gasteiger partial charge is 0.373 e. The van der Waals surface area contributed by atoms with Crippen molar-refractivity contribution < 1.29 is 0 Å². The highest BCUT2D eigenvalue weighted by Gasteiger charge is 1.77. The molecule has 0 aromatic heterocycles. The van der Waals surface area contributed by atoms with Gasteiger partial charge in [-0.2, -0.15) is 0 Å². The molecule has 4 aromatic carbocycles. The Labute approximate surface area is 210 Å². The third kappa shape index (κ3) is 17.4. The summed E-state index contributed by atoms with van der Waals surface area (Å²) >= 11 is 0. The lowest BCUT2D eigenvalue weighted by Crippen LogP contribution is -1.63. The fourth-order valence-electron chi connectivity index (χ4n) is 2.36. The van der Waals surface area contributed by atoms with Crippen LogP contribution in [0, 0.1) is 0 Å². The average Bonchev–Trinajstić information content (AvgIpc) is 2.96. The van der Waals surface area contributed by atoms with E-state index in [1.807, 2.05) is 146 Å². The third-order valence-corrected chi connectivity index (χ3v) is 4.14. The number of benzene rings is 4. The molecular formula is C32H32N3-. The summed E-state index contributed by atoms with van der Waals surface area (Å²) in [4.78, 5) is 1.50. The standard InChI is InChI=1S/4C8H8.N3/c4*1-2-8-6-4-3-5-7-8;1-3-2/h4*2-7H,1H2;/q;;;;-1. The maximum Gasteiger partial charge on any atom is -0.0263 e. The molecule has 3 nitrogen and oxygen atoms in total. The van der Waals surface area contributed by atoms with Crippen LogP contribution in [0.1, 0.15) is 22.3 Å². The maximum atomic E-state index is 6.75. The first kappa shape index (κ1) is 30.2. The van der Waals surface area contributed by atoms with Gasteiger partial charge < -0.3 is 11.1 Å². The molecule has 0 spiro atoms. The molecule has 0 aliphatic carbocycles. The fourth-order valence-corrected chi connectivity index (χ4v) is 2.36. The van der Waals surface area contributed by atoms with E-state index in [9.17, 15) is 0 Å². The van der Waals surface area contributed by atoms with Crippen LogP contribution in [-0.4, -0.2) is 0 Å². The van der Waals surface area contributed by atoms with E-state index in [0.29, 0.717) is 0 Å².